The number of nitrogens with zero attached hydrogens (tertiary/aromatic N) is 1. The van der Waals surface area contributed by atoms with E-state index in [9.17, 15) is 0 Å². The van der Waals surface area contributed by atoms with Gasteiger partial charge in [-0.2, -0.15) is 0 Å². The SMILES string of the molecule is CC(C)N=CP(C(C)(C)C)C(C)(C)C. The highest BCUT2D eigenvalue weighted by Crippen LogP contribution is 2.57. The van der Waals surface area contributed by atoms with Crippen molar-refractivity contribution in [3.8, 4) is 0 Å². The van der Waals surface area contributed by atoms with Crippen LogP contribution in [0, 0.1) is 0 Å². The summed E-state index contributed by atoms with van der Waals surface area (Å²) < 4.78 is 0. The molecule has 14 heavy (non-hydrogen) atoms. The Labute approximate surface area is 91.1 Å². The van der Waals surface area contributed by atoms with Crippen LogP contribution in [-0.2, 0) is 0 Å². The Morgan fingerprint density at radius 1 is 0.929 bits per heavy atom. The normalized spacial score (nSPS) is 14.7. The van der Waals surface area contributed by atoms with E-state index in [-0.39, 0.29) is 7.92 Å². The van der Waals surface area contributed by atoms with E-state index in [2.05, 4.69) is 66.3 Å². The van der Waals surface area contributed by atoms with Crippen molar-refractivity contribution in [1.82, 2.24) is 0 Å². The third-order valence-corrected chi connectivity index (χ3v) is 5.18. The van der Waals surface area contributed by atoms with Crippen molar-refractivity contribution in [2.24, 2.45) is 4.99 Å². The predicted molar refractivity (Wildman–Crippen MR) is 70.1 cm³/mol. The molecule has 0 aliphatic carbocycles. The molecule has 0 radical (unpaired) electrons. The minimum absolute atomic E-state index is 0.167. The highest BCUT2D eigenvalue weighted by molar-refractivity contribution is 7.75. The van der Waals surface area contributed by atoms with Crippen molar-refractivity contribution in [2.45, 2.75) is 71.7 Å². The van der Waals surface area contributed by atoms with E-state index in [1.165, 1.54) is 0 Å². The molecule has 0 unspecified atom stereocenters. The van der Waals surface area contributed by atoms with Gasteiger partial charge in [-0.15, -0.1) is 0 Å². The minimum Gasteiger partial charge on any atom is -0.290 e. The van der Waals surface area contributed by atoms with Crippen molar-refractivity contribution in [1.29, 1.82) is 0 Å². The quantitative estimate of drug-likeness (QED) is 0.475. The van der Waals surface area contributed by atoms with Crippen molar-refractivity contribution < 1.29 is 0 Å². The van der Waals surface area contributed by atoms with Crippen LogP contribution in [0.1, 0.15) is 55.4 Å². The van der Waals surface area contributed by atoms with E-state index in [1.54, 1.807) is 0 Å². The first-order chi connectivity index (χ1) is 6.05. The predicted octanol–water partition coefficient (Wildman–Crippen LogP) is 4.50. The lowest BCUT2D eigenvalue weighted by molar-refractivity contribution is 0.717. The van der Waals surface area contributed by atoms with Gasteiger partial charge in [-0.25, -0.2) is 0 Å². The zero-order chi connectivity index (χ0) is 11.6. The maximum Gasteiger partial charge on any atom is 0.0443 e. The van der Waals surface area contributed by atoms with Crippen molar-refractivity contribution in [3.05, 3.63) is 0 Å². The molecule has 0 saturated heterocycles. The van der Waals surface area contributed by atoms with Crippen LogP contribution >= 0.6 is 7.92 Å². The molecule has 0 amide bonds. The minimum atomic E-state index is -0.167. The molecule has 0 heterocycles. The maximum atomic E-state index is 4.56. The van der Waals surface area contributed by atoms with Crippen LogP contribution in [0.3, 0.4) is 0 Å². The summed E-state index contributed by atoms with van der Waals surface area (Å²) in [6, 6.07) is 0.421. The topological polar surface area (TPSA) is 12.4 Å². The first kappa shape index (κ1) is 14.1. The van der Waals surface area contributed by atoms with E-state index in [1.807, 2.05) is 0 Å². The second-order valence-electron chi connectivity index (χ2n) is 6.07. The van der Waals surface area contributed by atoms with Gasteiger partial charge >= 0.3 is 0 Å². The van der Waals surface area contributed by atoms with E-state index in [0.717, 1.165) is 0 Å². The summed E-state index contributed by atoms with van der Waals surface area (Å²) >= 11 is 0. The molecule has 0 atom stereocenters. The summed E-state index contributed by atoms with van der Waals surface area (Å²) in [6.07, 6.45) is 0. The molecule has 0 rings (SSSR count). The molecule has 0 N–H and O–H groups in total. The molecule has 0 aliphatic rings. The van der Waals surface area contributed by atoms with Crippen LogP contribution in [0.15, 0.2) is 4.99 Å². The lowest BCUT2D eigenvalue weighted by Crippen LogP contribution is -2.25. The molecular formula is C12H26NP. The third-order valence-electron chi connectivity index (χ3n) is 1.93. The lowest BCUT2D eigenvalue weighted by Gasteiger charge is -2.38. The van der Waals surface area contributed by atoms with Crippen molar-refractivity contribution >= 4 is 13.9 Å². The van der Waals surface area contributed by atoms with E-state index >= 15 is 0 Å². The largest absolute Gasteiger partial charge is 0.290 e. The Hall–Kier alpha value is 0.100. The second kappa shape index (κ2) is 4.75. The molecule has 84 valence electrons. The summed E-state index contributed by atoms with van der Waals surface area (Å²) in [5.74, 6) is 2.22. The van der Waals surface area contributed by atoms with Gasteiger partial charge in [0.15, 0.2) is 0 Å². The van der Waals surface area contributed by atoms with Crippen LogP contribution in [0.2, 0.25) is 0 Å². The van der Waals surface area contributed by atoms with Gasteiger partial charge in [0.1, 0.15) is 0 Å². The van der Waals surface area contributed by atoms with Crippen LogP contribution in [0.25, 0.3) is 0 Å². The maximum absolute atomic E-state index is 4.56. The van der Waals surface area contributed by atoms with Gasteiger partial charge in [0.25, 0.3) is 0 Å². The molecule has 0 fully saturated rings. The van der Waals surface area contributed by atoms with Gasteiger partial charge in [-0.05, 0) is 24.2 Å². The van der Waals surface area contributed by atoms with E-state index < -0.39 is 0 Å². The first-order valence-corrected chi connectivity index (χ1v) is 6.79. The molecule has 0 bridgehead atoms. The summed E-state index contributed by atoms with van der Waals surface area (Å²) in [6.45, 7) is 18.2. The standard InChI is InChI=1S/C12H26NP/c1-10(2)13-9-14(11(3,4)5)12(6,7)8/h9-10H,1-8H3. The second-order valence-corrected chi connectivity index (χ2v) is 9.72. The summed E-state index contributed by atoms with van der Waals surface area (Å²) in [5.41, 5.74) is 0. The number of hydrogen-bond donors (Lipinski definition) is 0. The monoisotopic (exact) mass is 215 g/mol. The summed E-state index contributed by atoms with van der Waals surface area (Å²) in [4.78, 5) is 4.56. The Morgan fingerprint density at radius 3 is 1.50 bits per heavy atom. The van der Waals surface area contributed by atoms with Crippen LogP contribution in [-0.4, -0.2) is 22.3 Å². The van der Waals surface area contributed by atoms with E-state index in [4.69, 9.17) is 0 Å². The lowest BCUT2D eigenvalue weighted by atomic mass is 10.2. The third kappa shape index (κ3) is 5.10. The van der Waals surface area contributed by atoms with E-state index in [0.29, 0.717) is 16.4 Å². The smallest absolute Gasteiger partial charge is 0.0443 e. The average molecular weight is 215 g/mol. The molecule has 0 aliphatic heterocycles. The Balaban J connectivity index is 4.77. The fourth-order valence-electron chi connectivity index (χ4n) is 1.55. The van der Waals surface area contributed by atoms with Crippen LogP contribution in [0.4, 0.5) is 0 Å². The number of aliphatic imine (C=N–C) groups is 1. The highest BCUT2D eigenvalue weighted by atomic mass is 31.1. The Morgan fingerprint density at radius 2 is 1.29 bits per heavy atom. The van der Waals surface area contributed by atoms with Gasteiger partial charge in [-0.1, -0.05) is 49.5 Å². The van der Waals surface area contributed by atoms with Gasteiger partial charge in [-0.3, -0.25) is 4.99 Å². The summed E-state index contributed by atoms with van der Waals surface area (Å²) in [5, 5.41) is 0.706. The fourth-order valence-corrected chi connectivity index (χ4v) is 4.66. The molecule has 0 spiro atoms. The fraction of sp³-hybridized carbons (Fsp3) is 0.917. The Kier molecular flexibility index (Phi) is 4.78. The molecule has 0 aromatic carbocycles. The van der Waals surface area contributed by atoms with Gasteiger partial charge in [0, 0.05) is 12.0 Å². The zero-order valence-corrected chi connectivity index (χ0v) is 11.9. The number of rotatable bonds is 2. The summed E-state index contributed by atoms with van der Waals surface area (Å²) in [7, 11) is -0.167. The van der Waals surface area contributed by atoms with Crippen LogP contribution < -0.4 is 0 Å². The van der Waals surface area contributed by atoms with Crippen molar-refractivity contribution in [3.63, 3.8) is 0 Å². The average Bonchev–Trinajstić information content (AvgIpc) is 1.78. The molecule has 0 aromatic rings. The van der Waals surface area contributed by atoms with Gasteiger partial charge in [0.2, 0.25) is 0 Å². The van der Waals surface area contributed by atoms with Crippen molar-refractivity contribution in [2.75, 3.05) is 0 Å². The molecule has 2 heteroatoms. The van der Waals surface area contributed by atoms with Gasteiger partial charge in [0.05, 0.1) is 0 Å². The zero-order valence-electron chi connectivity index (χ0n) is 11.0. The molecular weight excluding hydrogens is 189 g/mol. The number of hydrogen-bond acceptors (Lipinski definition) is 1. The van der Waals surface area contributed by atoms with Gasteiger partial charge < -0.3 is 0 Å². The molecule has 0 aromatic heterocycles. The highest BCUT2D eigenvalue weighted by Gasteiger charge is 2.32. The van der Waals surface area contributed by atoms with Crippen LogP contribution in [0.5, 0.6) is 0 Å². The molecule has 1 nitrogen and oxygen atoms in total. The molecule has 0 saturated carbocycles. The Bertz CT molecular complexity index is 179. The first-order valence-electron chi connectivity index (χ1n) is 5.38.